The summed E-state index contributed by atoms with van der Waals surface area (Å²) in [6.07, 6.45) is 72.9. The molecule has 0 radical (unpaired) electrons. The number of aliphatic hydroxyl groups excluding tert-OH is 5. The molecule has 1 rings (SSSR count). The van der Waals surface area contributed by atoms with Crippen molar-refractivity contribution in [2.24, 2.45) is 80.3 Å². The second-order valence-corrected chi connectivity index (χ2v) is 39.7. The Labute approximate surface area is 940 Å². The van der Waals surface area contributed by atoms with Crippen molar-refractivity contribution < 1.29 is 35.0 Å². The molecular weight excluding hydrogens is 1880 g/mol. The Bertz CT molecular complexity index is 1790. The molecule has 150 heavy (non-hydrogen) atoms. The lowest BCUT2D eigenvalue weighted by Gasteiger charge is -2.26. The monoisotopic (exact) mass is 2170 g/mol. The summed E-state index contributed by atoms with van der Waals surface area (Å²) < 4.78 is 10.1. The maximum absolute atomic E-state index is 8.45. The fourth-order valence-electron chi connectivity index (χ4n) is 13.8. The minimum Gasteiger partial charge on any atom is -0.396 e. The average Bonchev–Trinajstić information content (AvgIpc) is 0.976. The largest absolute Gasteiger partial charge is 0.396 e. The summed E-state index contributed by atoms with van der Waals surface area (Å²) >= 11 is 0. The van der Waals surface area contributed by atoms with E-state index in [0.29, 0.717) is 52.7 Å². The van der Waals surface area contributed by atoms with Crippen molar-refractivity contribution in [3.05, 3.63) is 0 Å². The van der Waals surface area contributed by atoms with E-state index in [1.165, 1.54) is 374 Å². The molecule has 0 aliphatic carbocycles. The number of nitrogens with two attached hydrogens (primary N) is 14. The van der Waals surface area contributed by atoms with Crippen LogP contribution in [-0.4, -0.2) is 391 Å². The zero-order valence-corrected chi connectivity index (χ0v) is 105. The number of unbranched alkanes of at least 4 members (excludes halogenated alkanes) is 42. The molecular formula is C119H292N24O7. The molecule has 1 aliphatic heterocycles. The van der Waals surface area contributed by atoms with Gasteiger partial charge in [0.05, 0.1) is 19.8 Å². The standard InChI is InChI=1S/C12H27N.C11H26N2.C11H24.2C9H22N2.C9H21NO2.C8H20N2.C8H19NO.C7H18N2.C6H15N3.C6H15NO.C5H14N2O.C5H13NO.C5H13N.C4H12N2O.C4H11N/c1-4-7-10-13(11-8-5-2)12-9-6-3;1-3-13(4-2)11-9-7-5-6-8-10-12;1-3-5-7-9-11-10-8-6-4-2;1-11(2)9-7-5-3-4-6-8-10;1-3-11(4-2)9-7-5-6-8-10;1-11-8-9-12-7-5-3-2-4-6-10;1-10(2)8-6-4-3-5-7-9;9-7-5-3-1-2-4-6-8-10;1-9(2)7-5-3-4-6-8;7-1-4-9-5-2-8-3-6-9;7-5-3-1-2-4-6-8;6-2-4-7-3-1-5-8;6-4-2-1-3-5-7;1-2-3-4-5-6;5-1-2-6-3-4-7;1-2-3-4-5/h4-12H2,1-3H3;3-12H2,1-2H3;3-11H2,1-2H3;2*3-10H2,1-2H3;2-10H2,1H3;3-9H2,1-2H3;10H,1-9H2;3-8H2,1-2H3;8H,1-7H2;8H,1-7H2;7-8H,1-6H2;7H,1-6H2;2-6H2,1H3;6-7H,1-5H2;2-5H2,1H3. The minimum atomic E-state index is 0.194. The maximum Gasteiger partial charge on any atom is 0.0700 e. The van der Waals surface area contributed by atoms with Crippen molar-refractivity contribution in [1.29, 1.82) is 0 Å². The number of rotatable bonds is 92. The van der Waals surface area contributed by atoms with Crippen LogP contribution in [0, 0.1) is 0 Å². The highest BCUT2D eigenvalue weighted by Crippen LogP contribution is 2.11. The molecule has 1 heterocycles. The Morgan fingerprint density at radius 2 is 0.453 bits per heavy atom. The molecule has 0 spiro atoms. The number of nitrogens with one attached hydrogen (secondary N) is 3. The highest BCUT2D eigenvalue weighted by atomic mass is 16.5. The van der Waals surface area contributed by atoms with Gasteiger partial charge in [-0.25, -0.2) is 0 Å². The van der Waals surface area contributed by atoms with Crippen LogP contribution < -0.4 is 96.2 Å². The lowest BCUT2D eigenvalue weighted by molar-refractivity contribution is 0.0686. The lowest BCUT2D eigenvalue weighted by Crippen LogP contribution is -2.45. The van der Waals surface area contributed by atoms with Crippen LogP contribution in [0.25, 0.3) is 0 Å². The van der Waals surface area contributed by atoms with Crippen LogP contribution in [0.3, 0.4) is 0 Å². The van der Waals surface area contributed by atoms with Gasteiger partial charge in [0, 0.05) is 112 Å². The lowest BCUT2D eigenvalue weighted by atomic mass is 10.1. The molecule has 31 nitrogen and oxygen atoms in total. The number of methoxy groups -OCH3 is 1. The molecule has 0 aromatic heterocycles. The van der Waals surface area contributed by atoms with Crippen LogP contribution in [0.2, 0.25) is 0 Å². The zero-order chi connectivity index (χ0) is 116. The van der Waals surface area contributed by atoms with Crippen molar-refractivity contribution in [3.63, 3.8) is 0 Å². The number of aliphatic hydroxyl groups is 5. The Kier molecular flexibility index (Phi) is 244. The van der Waals surface area contributed by atoms with E-state index in [1.807, 2.05) is 0 Å². The van der Waals surface area contributed by atoms with Gasteiger partial charge in [0.25, 0.3) is 0 Å². The van der Waals surface area contributed by atoms with Crippen molar-refractivity contribution >= 4 is 0 Å². The molecule has 1 aliphatic rings. The SMILES string of the molecule is CCCCCCCCCCC.CCCCCN.CCCCN.CCCCN(CCCC)CCCC.CCN(CC)CCCCCCCN.CCN(CC)CCCCCN.CN(C)CCCCCCCN.CN(C)CCCCCCN.CN(C)CCCCCN.COCCOCCCCCCN.NCCCCCCCCO.NCCCCCCO.NCCCCCO.NCCN1CCNCC1.NCCNCCCO.NCCNCCO. The number of nitrogens with zero attached hydrogens (tertiary/aromatic N) is 7. The molecule has 0 amide bonds. The Morgan fingerprint density at radius 3 is 0.693 bits per heavy atom. The van der Waals surface area contributed by atoms with E-state index in [0.717, 1.165) is 215 Å². The van der Waals surface area contributed by atoms with E-state index in [-0.39, 0.29) is 13.2 Å². The first-order chi connectivity index (χ1) is 73.0. The smallest absolute Gasteiger partial charge is 0.0700 e. The van der Waals surface area contributed by atoms with Gasteiger partial charge in [-0.2, -0.15) is 0 Å². The molecule has 1 saturated heterocycles. The van der Waals surface area contributed by atoms with Gasteiger partial charge in [0.2, 0.25) is 0 Å². The average molecular weight is 2170 g/mol. The summed E-state index contributed by atoms with van der Waals surface area (Å²) in [4.78, 5) is 16.6. The van der Waals surface area contributed by atoms with Crippen LogP contribution in [0.15, 0.2) is 0 Å². The van der Waals surface area contributed by atoms with Gasteiger partial charge in [-0.1, -0.05) is 288 Å². The molecule has 0 saturated carbocycles. The minimum absolute atomic E-state index is 0.194. The fourth-order valence-corrected chi connectivity index (χ4v) is 13.8. The van der Waals surface area contributed by atoms with Gasteiger partial charge in [-0.3, -0.25) is 4.90 Å². The molecule has 31 heteroatoms. The third kappa shape index (κ3) is 250. The number of ether oxygens (including phenoxy) is 2. The van der Waals surface area contributed by atoms with Gasteiger partial charge >= 0.3 is 0 Å². The van der Waals surface area contributed by atoms with Gasteiger partial charge in [-0.15, -0.1) is 0 Å². The molecule has 0 atom stereocenters. The van der Waals surface area contributed by atoms with E-state index in [1.54, 1.807) is 7.11 Å². The highest BCUT2D eigenvalue weighted by Gasteiger charge is 2.08. The first-order valence-corrected chi connectivity index (χ1v) is 62.9. The summed E-state index contributed by atoms with van der Waals surface area (Å²) in [7, 11) is 14.4. The Morgan fingerprint density at radius 1 is 0.220 bits per heavy atom. The highest BCUT2D eigenvalue weighted by molar-refractivity contribution is 4.67. The molecule has 0 aromatic carbocycles. The predicted octanol–water partition coefficient (Wildman–Crippen LogP) is 16.3. The summed E-state index contributed by atoms with van der Waals surface area (Å²) in [6, 6.07) is 0. The molecule has 0 unspecified atom stereocenters. The van der Waals surface area contributed by atoms with Gasteiger partial charge in [0.15, 0.2) is 0 Å². The van der Waals surface area contributed by atoms with Crippen molar-refractivity contribution in [3.8, 4) is 0 Å². The predicted molar refractivity (Wildman–Crippen MR) is 675 cm³/mol. The summed E-state index contributed by atoms with van der Waals surface area (Å²) in [5, 5.41) is 50.8. The molecule has 0 aromatic rings. The Hall–Kier alpha value is -1.24. The van der Waals surface area contributed by atoms with Crippen LogP contribution in [0.4, 0.5) is 0 Å². The second-order valence-electron chi connectivity index (χ2n) is 39.7. The van der Waals surface area contributed by atoms with Crippen molar-refractivity contribution in [1.82, 2.24) is 50.2 Å². The topological polar surface area (TPSA) is 543 Å². The number of hydrogen-bond acceptors (Lipinski definition) is 31. The van der Waals surface area contributed by atoms with E-state index in [9.17, 15) is 0 Å². The number of piperazine rings is 1. The van der Waals surface area contributed by atoms with Gasteiger partial charge < -0.3 is 161 Å². The van der Waals surface area contributed by atoms with Crippen LogP contribution in [0.5, 0.6) is 0 Å². The maximum atomic E-state index is 8.45. The molecule has 930 valence electrons. The second kappa shape index (κ2) is 201. The van der Waals surface area contributed by atoms with E-state index >= 15 is 0 Å². The van der Waals surface area contributed by atoms with E-state index in [2.05, 4.69) is 169 Å². The van der Waals surface area contributed by atoms with Crippen molar-refractivity contribution in [2.75, 3.05) is 331 Å². The van der Waals surface area contributed by atoms with Gasteiger partial charge in [0.1, 0.15) is 0 Å². The number of hydrogen-bond donors (Lipinski definition) is 22. The van der Waals surface area contributed by atoms with E-state index < -0.39 is 0 Å². The molecule has 1 fully saturated rings. The zero-order valence-electron chi connectivity index (χ0n) is 105. The normalized spacial score (nSPS) is 11.1. The van der Waals surface area contributed by atoms with E-state index in [4.69, 9.17) is 115 Å². The summed E-state index contributed by atoms with van der Waals surface area (Å²) in [6.45, 7) is 63.1. The molecule has 0 bridgehead atoms. The first-order valence-electron chi connectivity index (χ1n) is 62.9. The van der Waals surface area contributed by atoms with Crippen LogP contribution in [-0.2, 0) is 9.47 Å². The fraction of sp³-hybridized carbons (Fsp3) is 1.00. The Balaban J connectivity index is -0.000000100. The summed E-state index contributed by atoms with van der Waals surface area (Å²) in [5.74, 6) is 0. The first kappa shape index (κ1) is 182. The quantitative estimate of drug-likeness (QED) is 0.0251. The third-order valence-electron chi connectivity index (χ3n) is 23.7. The van der Waals surface area contributed by atoms with Crippen LogP contribution >= 0.6 is 0 Å². The third-order valence-corrected chi connectivity index (χ3v) is 23.7. The summed E-state index contributed by atoms with van der Waals surface area (Å²) in [5.41, 5.74) is 74.1. The van der Waals surface area contributed by atoms with Gasteiger partial charge in [-0.05, 0) is 360 Å². The van der Waals surface area contributed by atoms with Crippen LogP contribution in [0.1, 0.15) is 449 Å². The molecule has 36 N–H and O–H groups in total. The van der Waals surface area contributed by atoms with Crippen molar-refractivity contribution in [2.45, 2.75) is 449 Å².